The molecular weight excluding hydrogens is 384 g/mol. The van der Waals surface area contributed by atoms with Gasteiger partial charge in [0.05, 0.1) is 23.5 Å². The quantitative estimate of drug-likeness (QED) is 0.452. The van der Waals surface area contributed by atoms with Crippen molar-refractivity contribution < 1.29 is 4.79 Å². The molecule has 0 atom stereocenters. The molecule has 0 fully saturated rings. The van der Waals surface area contributed by atoms with Gasteiger partial charge >= 0.3 is 0 Å². The van der Waals surface area contributed by atoms with Gasteiger partial charge in [0.1, 0.15) is 0 Å². The molecular formula is C26H26N4O. The number of allylic oxidation sites excluding steroid dienone is 2. The molecule has 0 saturated carbocycles. The van der Waals surface area contributed by atoms with E-state index in [1.54, 1.807) is 0 Å². The van der Waals surface area contributed by atoms with Gasteiger partial charge in [-0.1, -0.05) is 54.6 Å². The first-order valence-corrected chi connectivity index (χ1v) is 10.5. The summed E-state index contributed by atoms with van der Waals surface area (Å²) in [5.74, 6) is 0.428. The molecule has 0 radical (unpaired) electrons. The van der Waals surface area contributed by atoms with Crippen molar-refractivity contribution in [3.05, 3.63) is 88.8 Å². The predicted octanol–water partition coefficient (Wildman–Crippen LogP) is 5.12. The summed E-state index contributed by atoms with van der Waals surface area (Å²) in [6.45, 7) is 3.81. The first-order chi connectivity index (χ1) is 15.0. The number of benzene rings is 2. The zero-order chi connectivity index (χ0) is 21.8. The fraction of sp³-hybridized carbons (Fsp3) is 0.192. The average Bonchev–Trinajstić information content (AvgIpc) is 2.77. The number of fused-ring (bicyclic) bond motifs is 3. The Labute approximate surface area is 182 Å². The van der Waals surface area contributed by atoms with E-state index >= 15 is 0 Å². The Morgan fingerprint density at radius 2 is 1.94 bits per heavy atom. The molecule has 0 saturated heterocycles. The summed E-state index contributed by atoms with van der Waals surface area (Å²) in [7, 11) is 0. The highest BCUT2D eigenvalue weighted by Gasteiger charge is 2.21. The van der Waals surface area contributed by atoms with Crippen molar-refractivity contribution in [2.75, 3.05) is 11.1 Å². The van der Waals surface area contributed by atoms with Crippen LogP contribution in [0.1, 0.15) is 35.9 Å². The number of carbonyl (C=O) groups excluding carboxylic acids is 1. The lowest BCUT2D eigenvalue weighted by Crippen LogP contribution is -2.17. The number of aromatic nitrogens is 2. The normalized spacial score (nSPS) is 13.0. The van der Waals surface area contributed by atoms with E-state index in [9.17, 15) is 4.79 Å². The number of nitrogen functional groups attached to an aromatic ring is 1. The Morgan fingerprint density at radius 3 is 2.71 bits per heavy atom. The molecule has 2 aromatic carbocycles. The molecule has 0 unspecified atom stereocenters. The molecule has 5 nitrogen and oxygen atoms in total. The van der Waals surface area contributed by atoms with Gasteiger partial charge in [0.2, 0.25) is 5.91 Å². The van der Waals surface area contributed by atoms with E-state index in [0.717, 1.165) is 46.6 Å². The second kappa shape index (κ2) is 8.96. The van der Waals surface area contributed by atoms with Crippen LogP contribution in [0.25, 0.3) is 17.3 Å². The van der Waals surface area contributed by atoms with Crippen LogP contribution >= 0.6 is 0 Å². The number of nitrogens with one attached hydrogen (secondary N) is 1. The Hall–Kier alpha value is -3.73. The number of carbonyl (C=O) groups is 1. The first kappa shape index (κ1) is 20.5. The molecule has 3 N–H and O–H groups in total. The van der Waals surface area contributed by atoms with Gasteiger partial charge in [-0.3, -0.25) is 4.79 Å². The van der Waals surface area contributed by atoms with Crippen LogP contribution in [-0.4, -0.2) is 15.9 Å². The smallest absolute Gasteiger partial charge is 0.229 e. The second-order valence-corrected chi connectivity index (χ2v) is 7.70. The van der Waals surface area contributed by atoms with Crippen LogP contribution in [0.3, 0.4) is 0 Å². The van der Waals surface area contributed by atoms with Crippen molar-refractivity contribution in [3.63, 3.8) is 0 Å². The Morgan fingerprint density at radius 1 is 1.13 bits per heavy atom. The fourth-order valence-electron chi connectivity index (χ4n) is 3.75. The third-order valence-electron chi connectivity index (χ3n) is 5.44. The van der Waals surface area contributed by atoms with Crippen LogP contribution in [0, 0.1) is 6.92 Å². The Bertz CT molecular complexity index is 1180. The molecule has 156 valence electrons. The van der Waals surface area contributed by atoms with Crippen molar-refractivity contribution in [1.29, 1.82) is 0 Å². The topological polar surface area (TPSA) is 80.9 Å². The lowest BCUT2D eigenvalue weighted by atomic mass is 9.91. The Kier molecular flexibility index (Phi) is 5.94. The highest BCUT2D eigenvalue weighted by atomic mass is 16.1. The maximum atomic E-state index is 12.7. The van der Waals surface area contributed by atoms with Crippen LogP contribution in [0.15, 0.2) is 66.3 Å². The summed E-state index contributed by atoms with van der Waals surface area (Å²) < 4.78 is 0. The minimum Gasteiger partial charge on any atom is -0.399 e. The van der Waals surface area contributed by atoms with E-state index in [0.29, 0.717) is 11.5 Å². The molecule has 31 heavy (non-hydrogen) atoms. The third-order valence-corrected chi connectivity index (χ3v) is 5.44. The molecule has 1 amide bonds. The van der Waals surface area contributed by atoms with Gasteiger partial charge < -0.3 is 11.1 Å². The predicted molar refractivity (Wildman–Crippen MR) is 127 cm³/mol. The number of aryl methyl sites for hydroxylation is 3. The lowest BCUT2D eigenvalue weighted by Gasteiger charge is -2.20. The van der Waals surface area contributed by atoms with Crippen molar-refractivity contribution in [2.45, 2.75) is 33.1 Å². The average molecular weight is 411 g/mol. The van der Waals surface area contributed by atoms with E-state index in [-0.39, 0.29) is 12.3 Å². The number of hydrogen-bond acceptors (Lipinski definition) is 4. The summed E-state index contributed by atoms with van der Waals surface area (Å²) in [5, 5.41) is 2.95. The molecule has 5 heteroatoms. The number of hydrogen-bond donors (Lipinski definition) is 2. The standard InChI is InChI=1S/C26H26N4O/c1-3-18(9-10-19-7-5-4-6-8-19)15-24(31)30-26-17(2)28-25-22-13-12-21(27)16-20(22)11-14-23(25)29-26/h3-10,12-13,16H,11,14-15,27H2,1-2H3,(H,29,30,31)/b10-9-,18-3+. The molecule has 1 aliphatic carbocycles. The van der Waals surface area contributed by atoms with E-state index in [2.05, 4.69) is 5.32 Å². The lowest BCUT2D eigenvalue weighted by molar-refractivity contribution is -0.115. The van der Waals surface area contributed by atoms with Gasteiger partial charge in [-0.2, -0.15) is 0 Å². The molecule has 0 spiro atoms. The van der Waals surface area contributed by atoms with Crippen molar-refractivity contribution >= 4 is 23.5 Å². The maximum Gasteiger partial charge on any atom is 0.229 e. The highest BCUT2D eigenvalue weighted by Crippen LogP contribution is 2.33. The fourth-order valence-corrected chi connectivity index (χ4v) is 3.75. The summed E-state index contributed by atoms with van der Waals surface area (Å²) in [6.07, 6.45) is 7.86. The second-order valence-electron chi connectivity index (χ2n) is 7.70. The molecule has 0 bridgehead atoms. The van der Waals surface area contributed by atoms with Gasteiger partial charge in [-0.05, 0) is 55.5 Å². The van der Waals surface area contributed by atoms with Crippen LogP contribution in [-0.2, 0) is 17.6 Å². The molecule has 1 aliphatic rings. The molecule has 0 aliphatic heterocycles. The zero-order valence-electron chi connectivity index (χ0n) is 17.9. The molecule has 4 rings (SSSR count). The number of nitrogens with two attached hydrogens (primary N) is 1. The van der Waals surface area contributed by atoms with Gasteiger partial charge in [0.15, 0.2) is 5.82 Å². The highest BCUT2D eigenvalue weighted by molar-refractivity contribution is 5.92. The van der Waals surface area contributed by atoms with Crippen LogP contribution < -0.4 is 11.1 Å². The van der Waals surface area contributed by atoms with Crippen molar-refractivity contribution in [1.82, 2.24) is 9.97 Å². The first-order valence-electron chi connectivity index (χ1n) is 10.5. The van der Waals surface area contributed by atoms with Gasteiger partial charge in [0, 0.05) is 11.3 Å². The van der Waals surface area contributed by atoms with Crippen molar-refractivity contribution in [2.24, 2.45) is 0 Å². The van der Waals surface area contributed by atoms with Crippen molar-refractivity contribution in [3.8, 4) is 11.3 Å². The van der Waals surface area contributed by atoms with Gasteiger partial charge in [-0.25, -0.2) is 9.97 Å². The van der Waals surface area contributed by atoms with Gasteiger partial charge in [0.25, 0.3) is 0 Å². The maximum absolute atomic E-state index is 12.7. The summed E-state index contributed by atoms with van der Waals surface area (Å²) in [5.41, 5.74) is 13.5. The molecule has 1 aromatic heterocycles. The van der Waals surface area contributed by atoms with E-state index in [1.165, 1.54) is 5.56 Å². The minimum atomic E-state index is -0.104. The van der Waals surface area contributed by atoms with E-state index in [1.807, 2.05) is 80.6 Å². The van der Waals surface area contributed by atoms with Crippen LogP contribution in [0.5, 0.6) is 0 Å². The summed E-state index contributed by atoms with van der Waals surface area (Å²) in [4.78, 5) is 22.2. The summed E-state index contributed by atoms with van der Waals surface area (Å²) in [6, 6.07) is 15.9. The van der Waals surface area contributed by atoms with Crippen LogP contribution in [0.4, 0.5) is 11.5 Å². The van der Waals surface area contributed by atoms with E-state index in [4.69, 9.17) is 15.7 Å². The minimum absolute atomic E-state index is 0.104. The largest absolute Gasteiger partial charge is 0.399 e. The van der Waals surface area contributed by atoms with Crippen LogP contribution in [0.2, 0.25) is 0 Å². The Balaban J connectivity index is 1.49. The zero-order valence-corrected chi connectivity index (χ0v) is 17.9. The summed E-state index contributed by atoms with van der Waals surface area (Å²) >= 11 is 0. The molecule has 1 heterocycles. The number of amides is 1. The third kappa shape index (κ3) is 4.72. The monoisotopic (exact) mass is 410 g/mol. The number of rotatable bonds is 5. The SMILES string of the molecule is C/C=C(\C=C/c1ccccc1)CC(=O)Nc1nc2c(nc1C)-c1ccc(N)cc1CC2. The molecule has 3 aromatic rings. The number of nitrogens with zero attached hydrogens (tertiary/aromatic N) is 2. The van der Waals surface area contributed by atoms with Gasteiger partial charge in [-0.15, -0.1) is 0 Å². The number of anilines is 2. The van der Waals surface area contributed by atoms with E-state index < -0.39 is 0 Å².